The molecule has 5 nitrogen and oxygen atoms in total. The highest BCUT2D eigenvalue weighted by Crippen LogP contribution is 2.23. The third-order valence-electron chi connectivity index (χ3n) is 3.13. The van der Waals surface area contributed by atoms with E-state index in [1.54, 1.807) is 18.4 Å². The van der Waals surface area contributed by atoms with E-state index in [-0.39, 0.29) is 6.04 Å². The molecule has 3 rings (SSSR count). The predicted molar refractivity (Wildman–Crippen MR) is 78.7 cm³/mol. The van der Waals surface area contributed by atoms with Crippen molar-refractivity contribution in [3.63, 3.8) is 0 Å². The Morgan fingerprint density at radius 3 is 2.81 bits per heavy atom. The van der Waals surface area contributed by atoms with Gasteiger partial charge in [-0.05, 0) is 30.7 Å². The zero-order chi connectivity index (χ0) is 14.7. The molecule has 0 aliphatic rings. The third-order valence-corrected chi connectivity index (χ3v) is 3.47. The van der Waals surface area contributed by atoms with Gasteiger partial charge < -0.3 is 14.2 Å². The van der Waals surface area contributed by atoms with Gasteiger partial charge in [-0.25, -0.2) is 0 Å². The lowest BCUT2D eigenvalue weighted by Crippen LogP contribution is -2.18. The van der Waals surface area contributed by atoms with Crippen molar-refractivity contribution in [2.45, 2.75) is 19.5 Å². The topological polar surface area (TPSA) is 64.1 Å². The molecule has 3 aromatic rings. The zero-order valence-electron chi connectivity index (χ0n) is 11.4. The predicted octanol–water partition coefficient (Wildman–Crippen LogP) is 3.83. The van der Waals surface area contributed by atoms with Gasteiger partial charge >= 0.3 is 0 Å². The maximum atomic E-state index is 6.17. The van der Waals surface area contributed by atoms with Crippen LogP contribution in [0.4, 0.5) is 0 Å². The fourth-order valence-electron chi connectivity index (χ4n) is 2.00. The van der Waals surface area contributed by atoms with Gasteiger partial charge in [-0.3, -0.25) is 0 Å². The molecule has 0 radical (unpaired) electrons. The molecule has 21 heavy (non-hydrogen) atoms. The molecule has 0 unspecified atom stereocenters. The van der Waals surface area contributed by atoms with E-state index in [9.17, 15) is 0 Å². The molecule has 1 N–H and O–H groups in total. The first-order valence-corrected chi connectivity index (χ1v) is 6.96. The van der Waals surface area contributed by atoms with E-state index >= 15 is 0 Å². The molecule has 0 fully saturated rings. The van der Waals surface area contributed by atoms with E-state index in [1.807, 2.05) is 31.2 Å². The molecule has 1 aromatic carbocycles. The van der Waals surface area contributed by atoms with Crippen LogP contribution in [0.1, 0.15) is 24.4 Å². The molecular formula is C15H14ClN3O2. The molecule has 2 heterocycles. The maximum Gasteiger partial charge on any atom is 0.283 e. The summed E-state index contributed by atoms with van der Waals surface area (Å²) in [5.41, 5.74) is 1.03. The molecule has 0 bridgehead atoms. The molecule has 6 heteroatoms. The third kappa shape index (κ3) is 3.15. The molecule has 2 aromatic heterocycles. The van der Waals surface area contributed by atoms with Crippen LogP contribution in [-0.4, -0.2) is 10.2 Å². The fraction of sp³-hybridized carbons (Fsp3) is 0.200. The van der Waals surface area contributed by atoms with Crippen LogP contribution >= 0.6 is 11.6 Å². The molecular weight excluding hydrogens is 290 g/mol. The molecule has 0 spiro atoms. The summed E-state index contributed by atoms with van der Waals surface area (Å²) >= 11 is 6.17. The number of benzene rings is 1. The lowest BCUT2D eigenvalue weighted by atomic mass is 10.1. The molecule has 0 aliphatic carbocycles. The van der Waals surface area contributed by atoms with Gasteiger partial charge in [0.15, 0.2) is 5.76 Å². The fourth-order valence-corrected chi connectivity index (χ4v) is 2.30. The lowest BCUT2D eigenvalue weighted by Gasteiger charge is -2.14. The second-order valence-corrected chi connectivity index (χ2v) is 5.01. The van der Waals surface area contributed by atoms with Crippen LogP contribution in [0.2, 0.25) is 5.02 Å². The van der Waals surface area contributed by atoms with Gasteiger partial charge in [0, 0.05) is 11.1 Å². The maximum absolute atomic E-state index is 6.17. The quantitative estimate of drug-likeness (QED) is 0.776. The standard InChI is InChI=1S/C15H14ClN3O2/c1-10(11-5-2-3-6-12(11)16)17-9-14-18-19-15(21-14)13-7-4-8-20-13/h2-8,10,17H,9H2,1H3/t10-/m1/s1. The summed E-state index contributed by atoms with van der Waals surface area (Å²) in [6.07, 6.45) is 1.57. The van der Waals surface area contributed by atoms with Crippen LogP contribution in [0.5, 0.6) is 0 Å². The minimum Gasteiger partial charge on any atom is -0.459 e. The number of nitrogens with zero attached hydrogens (tertiary/aromatic N) is 2. The van der Waals surface area contributed by atoms with Crippen molar-refractivity contribution in [3.05, 3.63) is 59.1 Å². The van der Waals surface area contributed by atoms with E-state index in [2.05, 4.69) is 15.5 Å². The summed E-state index contributed by atoms with van der Waals surface area (Å²) < 4.78 is 10.7. The summed E-state index contributed by atoms with van der Waals surface area (Å²) in [4.78, 5) is 0. The minimum atomic E-state index is 0.0812. The average Bonchev–Trinajstić information content (AvgIpc) is 3.16. The number of hydrogen-bond acceptors (Lipinski definition) is 5. The minimum absolute atomic E-state index is 0.0812. The molecule has 0 saturated carbocycles. The van der Waals surface area contributed by atoms with Gasteiger partial charge in [-0.15, -0.1) is 10.2 Å². The molecule has 0 saturated heterocycles. The SMILES string of the molecule is C[C@@H](NCc1nnc(-c2ccco2)o1)c1ccccc1Cl. The Morgan fingerprint density at radius 1 is 1.19 bits per heavy atom. The van der Waals surface area contributed by atoms with Crippen LogP contribution in [-0.2, 0) is 6.54 Å². The Morgan fingerprint density at radius 2 is 2.05 bits per heavy atom. The van der Waals surface area contributed by atoms with E-state index in [0.717, 1.165) is 10.6 Å². The first-order chi connectivity index (χ1) is 10.2. The van der Waals surface area contributed by atoms with Crippen molar-refractivity contribution in [2.75, 3.05) is 0 Å². The van der Waals surface area contributed by atoms with Gasteiger partial charge in [-0.1, -0.05) is 29.8 Å². The highest BCUT2D eigenvalue weighted by atomic mass is 35.5. The Kier molecular flexibility index (Phi) is 4.03. The number of halogens is 1. The summed E-state index contributed by atoms with van der Waals surface area (Å²) in [6, 6.07) is 11.4. The van der Waals surface area contributed by atoms with Crippen LogP contribution in [0.15, 0.2) is 51.5 Å². The van der Waals surface area contributed by atoms with E-state index in [4.69, 9.17) is 20.4 Å². The Balaban J connectivity index is 1.64. The number of furan rings is 1. The Bertz CT molecular complexity index is 709. The molecule has 0 aliphatic heterocycles. The highest BCUT2D eigenvalue weighted by molar-refractivity contribution is 6.31. The van der Waals surface area contributed by atoms with Gasteiger partial charge in [0.05, 0.1) is 12.8 Å². The van der Waals surface area contributed by atoms with E-state index in [1.165, 1.54) is 0 Å². The van der Waals surface area contributed by atoms with Gasteiger partial charge in [0.25, 0.3) is 5.89 Å². The Labute approximate surface area is 126 Å². The Hall–Kier alpha value is -2.11. The second-order valence-electron chi connectivity index (χ2n) is 4.60. The van der Waals surface area contributed by atoms with Crippen LogP contribution in [0, 0.1) is 0 Å². The van der Waals surface area contributed by atoms with Crippen LogP contribution < -0.4 is 5.32 Å². The number of rotatable bonds is 5. The normalized spacial score (nSPS) is 12.5. The van der Waals surface area contributed by atoms with Crippen LogP contribution in [0.3, 0.4) is 0 Å². The molecule has 108 valence electrons. The van der Waals surface area contributed by atoms with Crippen molar-refractivity contribution < 1.29 is 8.83 Å². The van der Waals surface area contributed by atoms with Crippen molar-refractivity contribution in [1.82, 2.24) is 15.5 Å². The van der Waals surface area contributed by atoms with Gasteiger partial charge in [-0.2, -0.15) is 0 Å². The smallest absolute Gasteiger partial charge is 0.283 e. The molecule has 1 atom stereocenters. The first-order valence-electron chi connectivity index (χ1n) is 6.58. The van der Waals surface area contributed by atoms with Crippen molar-refractivity contribution >= 4 is 11.6 Å². The van der Waals surface area contributed by atoms with Gasteiger partial charge in [0.1, 0.15) is 0 Å². The zero-order valence-corrected chi connectivity index (χ0v) is 12.2. The summed E-state index contributed by atoms with van der Waals surface area (Å²) in [6.45, 7) is 2.49. The monoisotopic (exact) mass is 303 g/mol. The van der Waals surface area contributed by atoms with Crippen molar-refractivity contribution in [2.24, 2.45) is 0 Å². The van der Waals surface area contributed by atoms with Crippen LogP contribution in [0.25, 0.3) is 11.7 Å². The first kappa shape index (κ1) is 13.9. The lowest BCUT2D eigenvalue weighted by molar-refractivity contribution is 0.443. The summed E-state index contributed by atoms with van der Waals surface area (Å²) in [5, 5.41) is 12.0. The molecule has 0 amide bonds. The number of nitrogens with one attached hydrogen (secondary N) is 1. The number of aromatic nitrogens is 2. The van der Waals surface area contributed by atoms with Gasteiger partial charge in [0.2, 0.25) is 5.89 Å². The van der Waals surface area contributed by atoms with E-state index in [0.29, 0.717) is 24.1 Å². The van der Waals surface area contributed by atoms with Crippen molar-refractivity contribution in [1.29, 1.82) is 0 Å². The summed E-state index contributed by atoms with van der Waals surface area (Å²) in [7, 11) is 0. The van der Waals surface area contributed by atoms with E-state index < -0.39 is 0 Å². The number of hydrogen-bond donors (Lipinski definition) is 1. The van der Waals surface area contributed by atoms with Crippen molar-refractivity contribution in [3.8, 4) is 11.7 Å². The second kappa shape index (κ2) is 6.11. The highest BCUT2D eigenvalue weighted by Gasteiger charge is 2.13. The summed E-state index contributed by atoms with van der Waals surface area (Å²) in [5.74, 6) is 1.44. The largest absolute Gasteiger partial charge is 0.459 e. The average molecular weight is 304 g/mol.